The first-order valence-electron chi connectivity index (χ1n) is 7.25. The molecule has 0 amide bonds. The number of hydrazine groups is 1. The molecule has 136 valence electrons. The molecule has 1 aromatic carbocycles. The number of alkyl halides is 3. The summed E-state index contributed by atoms with van der Waals surface area (Å²) < 4.78 is 38.8. The number of nitrogens with zero attached hydrogens (tertiary/aromatic N) is 2. The second-order valence-electron chi connectivity index (χ2n) is 6.30. The predicted octanol–water partition coefficient (Wildman–Crippen LogP) is 4.19. The Balaban J connectivity index is 2.26. The van der Waals surface area contributed by atoms with Gasteiger partial charge in [-0.3, -0.25) is 0 Å². The van der Waals surface area contributed by atoms with Gasteiger partial charge in [-0.25, -0.2) is 15.4 Å². The summed E-state index contributed by atoms with van der Waals surface area (Å²) in [5.74, 6) is 0.473. The van der Waals surface area contributed by atoms with Crippen LogP contribution in [0.2, 0.25) is 5.02 Å². The van der Waals surface area contributed by atoms with Crippen molar-refractivity contribution in [1.29, 1.82) is 0 Å². The van der Waals surface area contributed by atoms with Gasteiger partial charge in [0.2, 0.25) is 0 Å². The van der Waals surface area contributed by atoms with E-state index in [1.807, 2.05) is 20.8 Å². The van der Waals surface area contributed by atoms with E-state index in [4.69, 9.17) is 17.3 Å². The second-order valence-corrected chi connectivity index (χ2v) is 6.71. The number of anilines is 4. The molecular weight excluding hydrogens is 357 g/mol. The van der Waals surface area contributed by atoms with Gasteiger partial charge in [0.15, 0.2) is 11.6 Å². The number of hydrogen-bond acceptors (Lipinski definition) is 6. The van der Waals surface area contributed by atoms with Gasteiger partial charge in [0, 0.05) is 11.2 Å². The molecule has 10 heteroatoms. The van der Waals surface area contributed by atoms with Gasteiger partial charge in [-0.05, 0) is 39.0 Å². The van der Waals surface area contributed by atoms with Crippen molar-refractivity contribution in [2.24, 2.45) is 0 Å². The van der Waals surface area contributed by atoms with E-state index in [-0.39, 0.29) is 27.8 Å². The number of nitrogens with two attached hydrogens (primary N) is 1. The average molecular weight is 375 g/mol. The molecule has 0 bridgehead atoms. The zero-order valence-corrected chi connectivity index (χ0v) is 14.5. The van der Waals surface area contributed by atoms with E-state index < -0.39 is 11.7 Å². The number of aromatic nitrogens is 2. The molecule has 0 aliphatic heterocycles. The van der Waals surface area contributed by atoms with Crippen LogP contribution in [0.25, 0.3) is 0 Å². The minimum Gasteiger partial charge on any atom is -0.393 e. The lowest BCUT2D eigenvalue weighted by molar-refractivity contribution is -0.137. The molecule has 0 unspecified atom stereocenters. The molecular formula is C15H18ClF3N6. The van der Waals surface area contributed by atoms with Gasteiger partial charge in [-0.1, -0.05) is 11.6 Å². The number of nitrogens with one attached hydrogen (secondary N) is 3. The van der Waals surface area contributed by atoms with Crippen LogP contribution in [0.15, 0.2) is 24.5 Å². The van der Waals surface area contributed by atoms with Crippen molar-refractivity contribution >= 4 is 34.6 Å². The fourth-order valence-corrected chi connectivity index (χ4v) is 2.02. The van der Waals surface area contributed by atoms with Gasteiger partial charge in [-0.15, -0.1) is 0 Å². The van der Waals surface area contributed by atoms with Gasteiger partial charge in [0.05, 0.1) is 10.6 Å². The summed E-state index contributed by atoms with van der Waals surface area (Å²) in [6, 6.07) is 3.45. The highest BCUT2D eigenvalue weighted by Gasteiger charge is 2.33. The molecule has 5 N–H and O–H groups in total. The molecule has 1 heterocycles. The molecule has 0 spiro atoms. The lowest BCUT2D eigenvalue weighted by Crippen LogP contribution is -2.40. The van der Waals surface area contributed by atoms with Crippen LogP contribution in [0.1, 0.15) is 26.3 Å². The fourth-order valence-electron chi connectivity index (χ4n) is 1.80. The van der Waals surface area contributed by atoms with Crippen LogP contribution >= 0.6 is 11.6 Å². The summed E-state index contributed by atoms with van der Waals surface area (Å²) in [6.45, 7) is 5.80. The predicted molar refractivity (Wildman–Crippen MR) is 92.7 cm³/mol. The maximum Gasteiger partial charge on any atom is 0.417 e. The molecule has 0 radical (unpaired) electrons. The molecule has 1 aromatic heterocycles. The van der Waals surface area contributed by atoms with Gasteiger partial charge in [0.25, 0.3) is 0 Å². The number of hydrogen-bond donors (Lipinski definition) is 4. The molecule has 0 atom stereocenters. The van der Waals surface area contributed by atoms with E-state index in [1.54, 1.807) is 0 Å². The fraction of sp³-hybridized carbons (Fsp3) is 0.333. The van der Waals surface area contributed by atoms with Crippen molar-refractivity contribution < 1.29 is 13.2 Å². The molecule has 0 aliphatic rings. The van der Waals surface area contributed by atoms with E-state index in [0.717, 1.165) is 12.1 Å². The van der Waals surface area contributed by atoms with Gasteiger partial charge >= 0.3 is 6.18 Å². The zero-order chi connectivity index (χ0) is 18.8. The van der Waals surface area contributed by atoms with Crippen LogP contribution in [0, 0.1) is 0 Å². The Morgan fingerprint density at radius 1 is 1.08 bits per heavy atom. The normalized spacial score (nSPS) is 12.1. The van der Waals surface area contributed by atoms with Crippen molar-refractivity contribution in [2.45, 2.75) is 32.5 Å². The molecule has 2 rings (SSSR count). The Kier molecular flexibility index (Phi) is 5.28. The molecule has 6 nitrogen and oxygen atoms in total. The summed E-state index contributed by atoms with van der Waals surface area (Å²) in [7, 11) is 0. The molecule has 25 heavy (non-hydrogen) atoms. The topological polar surface area (TPSA) is 87.9 Å². The van der Waals surface area contributed by atoms with E-state index in [9.17, 15) is 13.2 Å². The van der Waals surface area contributed by atoms with Crippen LogP contribution in [-0.4, -0.2) is 15.5 Å². The number of halogens is 4. The Hall–Kier alpha value is -2.26. The number of rotatable bonds is 4. The first-order chi connectivity index (χ1) is 11.5. The van der Waals surface area contributed by atoms with Gasteiger partial charge < -0.3 is 16.5 Å². The summed E-state index contributed by atoms with van der Waals surface area (Å²) in [6.07, 6.45) is -3.32. The van der Waals surface area contributed by atoms with E-state index in [0.29, 0.717) is 5.82 Å². The Morgan fingerprint density at radius 3 is 2.32 bits per heavy atom. The van der Waals surface area contributed by atoms with E-state index in [1.165, 1.54) is 12.4 Å². The lowest BCUT2D eigenvalue weighted by Gasteiger charge is -2.22. The van der Waals surface area contributed by atoms with Crippen molar-refractivity contribution in [3.63, 3.8) is 0 Å². The highest BCUT2D eigenvalue weighted by atomic mass is 35.5. The van der Waals surface area contributed by atoms with Crippen molar-refractivity contribution in [1.82, 2.24) is 15.4 Å². The standard InChI is InChI=1S/C15H18ClF3N6/c1-14(2,3)25-24-13-11(20)12(21-7-22-13)23-8-4-5-10(16)9(6-8)15(17,18)19/h4-7,25H,20H2,1-3H3,(H2,21,22,23,24). The van der Waals surface area contributed by atoms with Crippen molar-refractivity contribution in [3.05, 3.63) is 35.1 Å². The first kappa shape index (κ1) is 19.1. The van der Waals surface area contributed by atoms with Crippen LogP contribution < -0.4 is 21.9 Å². The molecule has 0 saturated heterocycles. The minimum atomic E-state index is -4.56. The van der Waals surface area contributed by atoms with Crippen LogP contribution in [0.4, 0.5) is 36.2 Å². The Bertz CT molecular complexity index is 758. The van der Waals surface area contributed by atoms with Crippen molar-refractivity contribution in [2.75, 3.05) is 16.5 Å². The quantitative estimate of drug-likeness (QED) is 0.600. The van der Waals surface area contributed by atoms with E-state index in [2.05, 4.69) is 26.1 Å². The highest BCUT2D eigenvalue weighted by molar-refractivity contribution is 6.31. The summed E-state index contributed by atoms with van der Waals surface area (Å²) >= 11 is 5.61. The molecule has 0 aliphatic carbocycles. The third-order valence-corrected chi connectivity index (χ3v) is 3.30. The summed E-state index contributed by atoms with van der Waals surface area (Å²) in [5.41, 5.74) is 10.9. The second kappa shape index (κ2) is 6.93. The molecule has 0 saturated carbocycles. The average Bonchev–Trinajstić information content (AvgIpc) is 2.48. The van der Waals surface area contributed by atoms with Crippen LogP contribution in [0.3, 0.4) is 0 Å². The van der Waals surface area contributed by atoms with Crippen LogP contribution in [-0.2, 0) is 6.18 Å². The Morgan fingerprint density at radius 2 is 1.72 bits per heavy atom. The number of benzene rings is 1. The summed E-state index contributed by atoms with van der Waals surface area (Å²) in [4.78, 5) is 7.97. The maximum absolute atomic E-state index is 12.9. The van der Waals surface area contributed by atoms with Crippen molar-refractivity contribution in [3.8, 4) is 0 Å². The zero-order valence-electron chi connectivity index (χ0n) is 13.8. The monoisotopic (exact) mass is 374 g/mol. The summed E-state index contributed by atoms with van der Waals surface area (Å²) in [5, 5.41) is 2.36. The van der Waals surface area contributed by atoms with Gasteiger partial charge in [0.1, 0.15) is 12.0 Å². The molecule has 0 fully saturated rings. The largest absolute Gasteiger partial charge is 0.417 e. The minimum absolute atomic E-state index is 0.150. The highest BCUT2D eigenvalue weighted by Crippen LogP contribution is 2.37. The third kappa shape index (κ3) is 5.10. The van der Waals surface area contributed by atoms with Crippen LogP contribution in [0.5, 0.6) is 0 Å². The van der Waals surface area contributed by atoms with Gasteiger partial charge in [-0.2, -0.15) is 13.2 Å². The third-order valence-electron chi connectivity index (χ3n) is 2.97. The molecule has 2 aromatic rings. The smallest absolute Gasteiger partial charge is 0.393 e. The number of nitrogen functional groups attached to an aromatic ring is 1. The first-order valence-corrected chi connectivity index (χ1v) is 7.62. The van der Waals surface area contributed by atoms with E-state index >= 15 is 0 Å². The lowest BCUT2D eigenvalue weighted by atomic mass is 10.1. The SMILES string of the molecule is CC(C)(C)NNc1ncnc(Nc2ccc(Cl)c(C(F)(F)F)c2)c1N. The Labute approximate surface area is 148 Å². The maximum atomic E-state index is 12.9.